The van der Waals surface area contributed by atoms with Crippen LogP contribution >= 0.6 is 0 Å². The molecule has 1 aliphatic carbocycles. The van der Waals surface area contributed by atoms with Crippen molar-refractivity contribution in [1.82, 2.24) is 0 Å². The maximum atomic E-state index is 13.8. The number of amides is 1. The second kappa shape index (κ2) is 6.27. The van der Waals surface area contributed by atoms with E-state index in [0.717, 1.165) is 0 Å². The largest absolute Gasteiger partial charge is 0.495 e. The Labute approximate surface area is 137 Å². The average Bonchev–Trinajstić information content (AvgIpc) is 3.35. The fraction of sp³-hybridized carbons (Fsp3) is 0.235. The molecule has 1 amide bonds. The quantitative estimate of drug-likeness (QED) is 0.672. The van der Waals surface area contributed by atoms with Gasteiger partial charge in [0, 0.05) is 18.1 Å². The van der Waals surface area contributed by atoms with E-state index < -0.39 is 4.92 Å². The number of nitrogens with one attached hydrogen (secondary N) is 1. The van der Waals surface area contributed by atoms with Gasteiger partial charge >= 0.3 is 0 Å². The number of non-ortho nitro benzene ring substituents is 1. The number of nitro benzene ring substituents is 1. The number of ether oxygens (including phenoxy) is 1. The molecule has 124 valence electrons. The Kier molecular flexibility index (Phi) is 4.16. The average molecular weight is 330 g/mol. The van der Waals surface area contributed by atoms with Gasteiger partial charge in [-0.2, -0.15) is 0 Å². The molecule has 0 aromatic heterocycles. The highest BCUT2D eigenvalue weighted by Gasteiger charge is 2.45. The van der Waals surface area contributed by atoms with Crippen molar-refractivity contribution in [3.05, 3.63) is 64.0 Å². The highest BCUT2D eigenvalue weighted by molar-refractivity contribution is 5.96. The number of methoxy groups -OCH3 is 1. The first kappa shape index (κ1) is 15.9. The molecule has 1 saturated carbocycles. The van der Waals surface area contributed by atoms with E-state index in [9.17, 15) is 19.3 Å². The van der Waals surface area contributed by atoms with Crippen LogP contribution in [-0.4, -0.2) is 17.9 Å². The number of benzene rings is 2. The van der Waals surface area contributed by atoms with Gasteiger partial charge in [-0.1, -0.05) is 18.2 Å². The van der Waals surface area contributed by atoms with E-state index in [-0.39, 0.29) is 34.9 Å². The van der Waals surface area contributed by atoms with Crippen LogP contribution in [-0.2, 0) is 4.79 Å². The van der Waals surface area contributed by atoms with Crippen molar-refractivity contribution < 1.29 is 18.8 Å². The molecule has 0 heterocycles. The van der Waals surface area contributed by atoms with Crippen molar-refractivity contribution in [1.29, 1.82) is 0 Å². The van der Waals surface area contributed by atoms with Crippen molar-refractivity contribution in [2.45, 2.75) is 12.3 Å². The summed E-state index contributed by atoms with van der Waals surface area (Å²) in [5.41, 5.74) is 0.604. The number of hydrogen-bond donors (Lipinski definition) is 1. The summed E-state index contributed by atoms with van der Waals surface area (Å²) in [6.45, 7) is 0. The molecule has 1 N–H and O–H groups in total. The third-order valence-electron chi connectivity index (χ3n) is 4.08. The molecule has 0 saturated heterocycles. The Balaban J connectivity index is 1.75. The minimum atomic E-state index is -0.547. The zero-order chi connectivity index (χ0) is 17.3. The van der Waals surface area contributed by atoms with Gasteiger partial charge in [0.15, 0.2) is 0 Å². The number of halogens is 1. The van der Waals surface area contributed by atoms with Crippen LogP contribution in [0.1, 0.15) is 17.9 Å². The van der Waals surface area contributed by atoms with Gasteiger partial charge in [-0.15, -0.1) is 0 Å². The highest BCUT2D eigenvalue weighted by atomic mass is 19.1. The van der Waals surface area contributed by atoms with Crippen LogP contribution in [0.4, 0.5) is 15.8 Å². The molecule has 1 fully saturated rings. The first-order valence-electron chi connectivity index (χ1n) is 7.39. The van der Waals surface area contributed by atoms with Crippen molar-refractivity contribution in [3.8, 4) is 5.75 Å². The molecule has 2 aromatic carbocycles. The first-order valence-corrected chi connectivity index (χ1v) is 7.39. The maximum Gasteiger partial charge on any atom is 0.271 e. The van der Waals surface area contributed by atoms with Gasteiger partial charge in [0.2, 0.25) is 5.91 Å². The number of nitrogens with zero attached hydrogens (tertiary/aromatic N) is 1. The van der Waals surface area contributed by atoms with Gasteiger partial charge < -0.3 is 10.1 Å². The lowest BCUT2D eigenvalue weighted by Gasteiger charge is -2.10. The highest BCUT2D eigenvalue weighted by Crippen LogP contribution is 2.49. The summed E-state index contributed by atoms with van der Waals surface area (Å²) in [5, 5.41) is 13.5. The molecule has 1 aliphatic rings. The fourth-order valence-electron chi connectivity index (χ4n) is 2.74. The molecule has 0 spiro atoms. The van der Waals surface area contributed by atoms with Crippen molar-refractivity contribution in [2.24, 2.45) is 5.92 Å². The predicted molar refractivity (Wildman–Crippen MR) is 85.5 cm³/mol. The van der Waals surface area contributed by atoms with Gasteiger partial charge in [0.25, 0.3) is 5.69 Å². The van der Waals surface area contributed by atoms with E-state index in [1.54, 1.807) is 18.2 Å². The number of carbonyl (C=O) groups is 1. The Hall–Kier alpha value is -2.96. The summed E-state index contributed by atoms with van der Waals surface area (Å²) in [6.07, 6.45) is 0.546. The monoisotopic (exact) mass is 330 g/mol. The zero-order valence-electron chi connectivity index (χ0n) is 12.9. The Morgan fingerprint density at radius 1 is 1.33 bits per heavy atom. The van der Waals surface area contributed by atoms with Crippen LogP contribution in [0.15, 0.2) is 42.5 Å². The van der Waals surface area contributed by atoms with E-state index >= 15 is 0 Å². The second-order valence-corrected chi connectivity index (χ2v) is 5.60. The van der Waals surface area contributed by atoms with Gasteiger partial charge in [-0.3, -0.25) is 14.9 Å². The lowest BCUT2D eigenvalue weighted by atomic mass is 10.1. The summed E-state index contributed by atoms with van der Waals surface area (Å²) >= 11 is 0. The number of carbonyl (C=O) groups excluding carboxylic acids is 1. The summed E-state index contributed by atoms with van der Waals surface area (Å²) < 4.78 is 18.9. The molecule has 2 unspecified atom stereocenters. The van der Waals surface area contributed by atoms with Gasteiger partial charge in [-0.25, -0.2) is 4.39 Å². The molecular weight excluding hydrogens is 315 g/mol. The Bertz CT molecular complexity index is 809. The summed E-state index contributed by atoms with van der Waals surface area (Å²) in [5.74, 6) is -0.827. The zero-order valence-corrected chi connectivity index (χ0v) is 12.9. The van der Waals surface area contributed by atoms with Crippen LogP contribution in [0.2, 0.25) is 0 Å². The lowest BCUT2D eigenvalue weighted by Crippen LogP contribution is -2.15. The minimum absolute atomic E-state index is 0.146. The van der Waals surface area contributed by atoms with Crippen LogP contribution in [0, 0.1) is 21.8 Å². The molecule has 3 rings (SSSR count). The third-order valence-corrected chi connectivity index (χ3v) is 4.08. The number of hydrogen-bond acceptors (Lipinski definition) is 4. The predicted octanol–water partition coefficient (Wildman–Crippen LogP) is 3.48. The number of anilines is 1. The van der Waals surface area contributed by atoms with Crippen molar-refractivity contribution in [2.75, 3.05) is 12.4 Å². The third kappa shape index (κ3) is 3.05. The molecule has 7 heteroatoms. The van der Waals surface area contributed by atoms with E-state index in [1.807, 2.05) is 0 Å². The second-order valence-electron chi connectivity index (χ2n) is 5.60. The molecule has 6 nitrogen and oxygen atoms in total. The topological polar surface area (TPSA) is 81.5 Å². The van der Waals surface area contributed by atoms with Crippen molar-refractivity contribution in [3.63, 3.8) is 0 Å². The van der Waals surface area contributed by atoms with Gasteiger partial charge in [0.1, 0.15) is 11.6 Å². The minimum Gasteiger partial charge on any atom is -0.495 e. The Morgan fingerprint density at radius 2 is 2.08 bits per heavy atom. The molecule has 0 bridgehead atoms. The van der Waals surface area contributed by atoms with Gasteiger partial charge in [-0.05, 0) is 30.0 Å². The van der Waals surface area contributed by atoms with E-state index in [0.29, 0.717) is 17.7 Å². The molecule has 24 heavy (non-hydrogen) atoms. The summed E-state index contributed by atoms with van der Waals surface area (Å²) in [6, 6.07) is 10.3. The smallest absolute Gasteiger partial charge is 0.271 e. The molecule has 0 radical (unpaired) electrons. The van der Waals surface area contributed by atoms with Crippen molar-refractivity contribution >= 4 is 17.3 Å². The van der Waals surface area contributed by atoms with Crippen LogP contribution < -0.4 is 10.1 Å². The number of rotatable bonds is 5. The van der Waals surface area contributed by atoms with Crippen LogP contribution in [0.25, 0.3) is 0 Å². The SMILES string of the molecule is COc1ccc([N+](=O)[O-])cc1NC(=O)C1CC1c1ccccc1F. The molecule has 2 aromatic rings. The van der Waals surface area contributed by atoms with Crippen LogP contribution in [0.5, 0.6) is 5.75 Å². The summed E-state index contributed by atoms with van der Waals surface area (Å²) in [7, 11) is 1.41. The molecule has 2 atom stereocenters. The molecule has 0 aliphatic heterocycles. The summed E-state index contributed by atoms with van der Waals surface area (Å²) in [4.78, 5) is 22.7. The van der Waals surface area contributed by atoms with E-state index in [2.05, 4.69) is 5.32 Å². The first-order chi connectivity index (χ1) is 11.5. The molecular formula is C17H15FN2O4. The number of nitro groups is 1. The standard InChI is InChI=1S/C17H15FN2O4/c1-24-16-7-6-10(20(22)23)8-15(16)19-17(21)13-9-12(13)11-4-2-3-5-14(11)18/h2-8,12-13H,9H2,1H3,(H,19,21). The Morgan fingerprint density at radius 3 is 2.75 bits per heavy atom. The fourth-order valence-corrected chi connectivity index (χ4v) is 2.74. The van der Waals surface area contributed by atoms with Gasteiger partial charge in [0.05, 0.1) is 17.7 Å². The lowest BCUT2D eigenvalue weighted by molar-refractivity contribution is -0.384. The maximum absolute atomic E-state index is 13.8. The van der Waals surface area contributed by atoms with E-state index in [4.69, 9.17) is 4.74 Å². The van der Waals surface area contributed by atoms with E-state index in [1.165, 1.54) is 31.4 Å². The normalized spacial score (nSPS) is 18.8. The van der Waals surface area contributed by atoms with Crippen LogP contribution in [0.3, 0.4) is 0 Å².